The minimum Gasteiger partial charge on any atom is -0.454 e. The number of ketones is 1. The van der Waals surface area contributed by atoms with Crippen molar-refractivity contribution in [2.75, 3.05) is 11.5 Å². The highest BCUT2D eigenvalue weighted by Gasteiger charge is 2.49. The average Bonchev–Trinajstić information content (AvgIpc) is 3.24. The number of rotatable bonds is 6. The number of esters is 1. The van der Waals surface area contributed by atoms with Gasteiger partial charge >= 0.3 is 5.97 Å². The molecule has 4 aromatic rings. The second-order valence-electron chi connectivity index (χ2n) is 10.9. The molecule has 1 saturated heterocycles. The SMILES string of the molecule is CC1CCC2C(=O)N(c3ccc(-c4cc(C(=O)OCC(=O)c5ccc(Br)cc5)c5cc(Br)ccc5n4)cc3)C(=O)C2C1. The van der Waals surface area contributed by atoms with Gasteiger partial charge in [0.25, 0.3) is 0 Å². The van der Waals surface area contributed by atoms with Crippen LogP contribution in [0.15, 0.2) is 81.7 Å². The van der Waals surface area contributed by atoms with Gasteiger partial charge in [0.15, 0.2) is 12.4 Å². The number of hydrogen-bond acceptors (Lipinski definition) is 6. The van der Waals surface area contributed by atoms with Crippen LogP contribution in [-0.4, -0.2) is 35.2 Å². The third kappa shape index (κ3) is 5.43. The van der Waals surface area contributed by atoms with Crippen molar-refractivity contribution in [3.8, 4) is 11.3 Å². The minimum absolute atomic E-state index is 0.123. The van der Waals surface area contributed by atoms with Gasteiger partial charge in [-0.15, -0.1) is 0 Å². The summed E-state index contributed by atoms with van der Waals surface area (Å²) in [4.78, 5) is 58.3. The highest BCUT2D eigenvalue weighted by molar-refractivity contribution is 9.10. The number of imide groups is 1. The highest BCUT2D eigenvalue weighted by Crippen LogP contribution is 2.42. The van der Waals surface area contributed by atoms with Crippen molar-refractivity contribution < 1.29 is 23.9 Å². The first kappa shape index (κ1) is 28.4. The van der Waals surface area contributed by atoms with Gasteiger partial charge in [-0.1, -0.05) is 63.0 Å². The maximum absolute atomic E-state index is 13.3. The summed E-state index contributed by atoms with van der Waals surface area (Å²) in [6.07, 6.45) is 2.45. The number of Topliss-reactive ketones (excluding diaryl/α,β-unsaturated/α-hetero) is 1. The number of carbonyl (C=O) groups excluding carboxylic acids is 4. The van der Waals surface area contributed by atoms with Crippen molar-refractivity contribution in [3.05, 3.63) is 92.9 Å². The molecule has 42 heavy (non-hydrogen) atoms. The number of nitrogens with zero attached hydrogens (tertiary/aromatic N) is 2. The zero-order valence-corrected chi connectivity index (χ0v) is 25.9. The van der Waals surface area contributed by atoms with E-state index < -0.39 is 12.6 Å². The maximum Gasteiger partial charge on any atom is 0.339 e. The molecule has 2 aliphatic rings. The topological polar surface area (TPSA) is 93.6 Å². The predicted octanol–water partition coefficient (Wildman–Crippen LogP) is 7.39. The number of pyridine rings is 1. The van der Waals surface area contributed by atoms with Crippen LogP contribution in [0.4, 0.5) is 5.69 Å². The van der Waals surface area contributed by atoms with Gasteiger partial charge in [-0.3, -0.25) is 19.3 Å². The number of aromatic nitrogens is 1. The van der Waals surface area contributed by atoms with Gasteiger partial charge in [0, 0.05) is 25.5 Å². The molecular weight excluding hydrogens is 664 g/mol. The van der Waals surface area contributed by atoms with E-state index in [1.807, 2.05) is 6.07 Å². The summed E-state index contributed by atoms with van der Waals surface area (Å²) < 4.78 is 7.06. The van der Waals surface area contributed by atoms with Crippen LogP contribution in [0.3, 0.4) is 0 Å². The Labute approximate surface area is 259 Å². The Bertz CT molecular complexity index is 1740. The van der Waals surface area contributed by atoms with E-state index in [0.717, 1.165) is 28.2 Å². The Balaban J connectivity index is 1.27. The van der Waals surface area contributed by atoms with Crippen LogP contribution in [0.2, 0.25) is 0 Å². The summed E-state index contributed by atoms with van der Waals surface area (Å²) in [6.45, 7) is 1.73. The largest absolute Gasteiger partial charge is 0.454 e. The van der Waals surface area contributed by atoms with Crippen LogP contribution in [-0.2, 0) is 14.3 Å². The van der Waals surface area contributed by atoms with Crippen LogP contribution in [0.1, 0.15) is 46.9 Å². The first-order valence-electron chi connectivity index (χ1n) is 13.7. The molecule has 212 valence electrons. The van der Waals surface area contributed by atoms with Crippen LogP contribution in [0.5, 0.6) is 0 Å². The second-order valence-corrected chi connectivity index (χ2v) is 12.7. The van der Waals surface area contributed by atoms with E-state index in [0.29, 0.717) is 39.3 Å². The molecule has 9 heteroatoms. The van der Waals surface area contributed by atoms with E-state index >= 15 is 0 Å². The second kappa shape index (κ2) is 11.5. The molecule has 7 nitrogen and oxygen atoms in total. The van der Waals surface area contributed by atoms with Gasteiger partial charge in [0.05, 0.1) is 34.3 Å². The highest BCUT2D eigenvalue weighted by atomic mass is 79.9. The van der Waals surface area contributed by atoms with Gasteiger partial charge in [-0.05, 0) is 73.7 Å². The van der Waals surface area contributed by atoms with Crippen molar-refractivity contribution in [1.29, 1.82) is 0 Å². The molecule has 1 saturated carbocycles. The molecule has 0 radical (unpaired) electrons. The summed E-state index contributed by atoms with van der Waals surface area (Å²) in [6, 6.07) is 21.0. The maximum atomic E-state index is 13.3. The molecule has 6 rings (SSSR count). The zero-order chi connectivity index (χ0) is 29.5. The van der Waals surface area contributed by atoms with Crippen molar-refractivity contribution >= 4 is 72.0 Å². The molecular formula is C33H26Br2N2O5. The Kier molecular flexibility index (Phi) is 7.81. The molecule has 2 heterocycles. The van der Waals surface area contributed by atoms with Crippen molar-refractivity contribution in [2.45, 2.75) is 26.2 Å². The van der Waals surface area contributed by atoms with Crippen LogP contribution in [0, 0.1) is 17.8 Å². The molecule has 1 aromatic heterocycles. The molecule has 3 atom stereocenters. The number of benzene rings is 3. The van der Waals surface area contributed by atoms with Gasteiger partial charge in [0.2, 0.25) is 11.8 Å². The number of carbonyl (C=O) groups is 4. The predicted molar refractivity (Wildman–Crippen MR) is 166 cm³/mol. The summed E-state index contributed by atoms with van der Waals surface area (Å²) in [7, 11) is 0. The molecule has 0 bridgehead atoms. The van der Waals surface area contributed by atoms with Crippen molar-refractivity contribution in [2.24, 2.45) is 17.8 Å². The van der Waals surface area contributed by atoms with Crippen LogP contribution < -0.4 is 4.90 Å². The lowest BCUT2D eigenvalue weighted by Crippen LogP contribution is -2.30. The van der Waals surface area contributed by atoms with E-state index in [2.05, 4.69) is 38.8 Å². The standard InChI is InChI=1S/C33H26Br2N2O5/c1-18-2-12-24-26(14-18)32(40)37(31(24)39)23-10-5-19(6-11-23)29-16-27(25-15-22(35)9-13-28(25)36-29)33(41)42-17-30(38)20-3-7-21(34)8-4-20/h3-11,13,15-16,18,24,26H,2,12,14,17H2,1H3. The molecule has 3 aromatic carbocycles. The Morgan fingerprint density at radius 1 is 0.881 bits per heavy atom. The average molecular weight is 690 g/mol. The zero-order valence-electron chi connectivity index (χ0n) is 22.7. The normalized spacial score (nSPS) is 20.1. The van der Waals surface area contributed by atoms with E-state index in [9.17, 15) is 19.2 Å². The number of anilines is 1. The number of amides is 2. The quantitative estimate of drug-likeness (QED) is 0.119. The van der Waals surface area contributed by atoms with Crippen LogP contribution in [0.25, 0.3) is 22.2 Å². The smallest absolute Gasteiger partial charge is 0.339 e. The lowest BCUT2D eigenvalue weighted by Gasteiger charge is -2.25. The molecule has 0 N–H and O–H groups in total. The van der Waals surface area contributed by atoms with Gasteiger partial charge in [-0.25, -0.2) is 9.78 Å². The number of hydrogen-bond donors (Lipinski definition) is 0. The Morgan fingerprint density at radius 3 is 2.31 bits per heavy atom. The lowest BCUT2D eigenvalue weighted by molar-refractivity contribution is -0.122. The van der Waals surface area contributed by atoms with Crippen molar-refractivity contribution in [1.82, 2.24) is 4.98 Å². The molecule has 0 spiro atoms. The summed E-state index contributed by atoms with van der Waals surface area (Å²) in [5.74, 6) is -1.25. The van der Waals surface area contributed by atoms with Crippen molar-refractivity contribution in [3.63, 3.8) is 0 Å². The Hall–Kier alpha value is -3.69. The van der Waals surface area contributed by atoms with Crippen LogP contribution >= 0.6 is 31.9 Å². The molecule has 1 aliphatic heterocycles. The van der Waals surface area contributed by atoms with Gasteiger partial charge < -0.3 is 4.74 Å². The number of fused-ring (bicyclic) bond motifs is 2. The summed E-state index contributed by atoms with van der Waals surface area (Å²) in [5.41, 5.74) is 3.04. The van der Waals surface area contributed by atoms with E-state index in [1.54, 1.807) is 66.7 Å². The lowest BCUT2D eigenvalue weighted by atomic mass is 9.76. The fourth-order valence-corrected chi connectivity index (χ4v) is 6.49. The summed E-state index contributed by atoms with van der Waals surface area (Å²) >= 11 is 6.80. The molecule has 2 amide bonds. The molecule has 3 unspecified atom stereocenters. The molecule has 1 aliphatic carbocycles. The monoisotopic (exact) mass is 688 g/mol. The fourth-order valence-electron chi connectivity index (χ4n) is 5.87. The van der Waals surface area contributed by atoms with Gasteiger partial charge in [0.1, 0.15) is 0 Å². The summed E-state index contributed by atoms with van der Waals surface area (Å²) in [5, 5.41) is 0.580. The van der Waals surface area contributed by atoms with E-state index in [4.69, 9.17) is 9.72 Å². The molecule has 2 fully saturated rings. The third-order valence-electron chi connectivity index (χ3n) is 8.10. The fraction of sp³-hybridized carbons (Fsp3) is 0.242. The van der Waals surface area contributed by atoms with Gasteiger partial charge in [-0.2, -0.15) is 0 Å². The Morgan fingerprint density at radius 2 is 1.57 bits per heavy atom. The number of ether oxygens (including phenoxy) is 1. The first-order chi connectivity index (χ1) is 20.2. The number of halogens is 2. The third-order valence-corrected chi connectivity index (χ3v) is 9.12. The van der Waals surface area contributed by atoms with E-state index in [1.165, 1.54) is 4.90 Å². The first-order valence-corrected chi connectivity index (χ1v) is 15.3. The minimum atomic E-state index is -0.645. The van der Waals surface area contributed by atoms with E-state index in [-0.39, 0.29) is 35.0 Å².